The van der Waals surface area contributed by atoms with Crippen LogP contribution in [-0.4, -0.2) is 129 Å². The number of likely N-dealkylation sites (N-methyl/N-ethyl adjacent to an activating group) is 1. The number of ketones is 2. The van der Waals surface area contributed by atoms with Crippen LogP contribution < -0.4 is 11.5 Å². The van der Waals surface area contributed by atoms with Crippen molar-refractivity contribution in [3.8, 4) is 11.6 Å². The van der Waals surface area contributed by atoms with E-state index < -0.39 is 94.8 Å². The summed E-state index contributed by atoms with van der Waals surface area (Å²) in [7, 11) is 4.95. The highest BCUT2D eigenvalue weighted by Crippen LogP contribution is 2.48. The Hall–Kier alpha value is -4.63. The smallest absolute Gasteiger partial charge is 0.351 e. The van der Waals surface area contributed by atoms with Crippen LogP contribution in [0.3, 0.4) is 0 Å². The molecule has 61 heavy (non-hydrogen) atoms. The fraction of sp³-hybridized carbons (Fsp3) is 0.707. The fourth-order valence-corrected chi connectivity index (χ4v) is 9.15. The second-order valence-corrected chi connectivity index (χ2v) is 17.3. The van der Waals surface area contributed by atoms with Gasteiger partial charge in [-0.05, 0) is 67.1 Å². The standard InChI is InChI=1S/C41H60FN7O12/c1-12-26-41(8)29(28(36(53)60-41)34(44)48-56-18-23-16-25(61-47-23)35-45-14-13-27(43)46-35)21(4)30(50)19(2)17-39(6,55-11)33(22(5)32(52)40(7,42)38(54)58-26)59-37-31(51)24(49(9)10)15-20(3)57-37/h13-14,16,19-22,24,26,28-29,31,33,37,51H,12,15,17-18H2,1-11H3,(H2,44,48)(H2,43,45,46)/t19-,20-,21-,22+,24+,26+,28-,29+,31-,33-,37?,39-,40+,41-/m1/s1. The molecule has 5 rings (SSSR count). The fourth-order valence-electron chi connectivity index (χ4n) is 9.15. The third-order valence-corrected chi connectivity index (χ3v) is 12.5. The van der Waals surface area contributed by atoms with E-state index in [1.54, 1.807) is 41.8 Å². The minimum absolute atomic E-state index is 0.0243. The highest BCUT2D eigenvalue weighted by Gasteiger charge is 2.63. The molecule has 14 atom stereocenters. The number of hydrogen-bond donors (Lipinski definition) is 3. The Morgan fingerprint density at radius 2 is 1.80 bits per heavy atom. The number of nitrogen functional groups attached to an aromatic ring is 1. The molecule has 0 spiro atoms. The van der Waals surface area contributed by atoms with Crippen molar-refractivity contribution in [1.82, 2.24) is 20.0 Å². The van der Waals surface area contributed by atoms with E-state index >= 15 is 4.39 Å². The number of ether oxygens (including phenoxy) is 5. The van der Waals surface area contributed by atoms with E-state index in [1.807, 2.05) is 11.8 Å². The van der Waals surface area contributed by atoms with Crippen LogP contribution in [0.5, 0.6) is 0 Å². The van der Waals surface area contributed by atoms with Crippen molar-refractivity contribution in [3.05, 3.63) is 24.0 Å². The van der Waals surface area contributed by atoms with Gasteiger partial charge in [-0.3, -0.25) is 14.4 Å². The molecule has 0 aliphatic carbocycles. The van der Waals surface area contributed by atoms with Crippen LogP contribution in [0.1, 0.15) is 80.3 Å². The number of halogens is 1. The van der Waals surface area contributed by atoms with Gasteiger partial charge in [-0.1, -0.05) is 38.0 Å². The molecular weight excluding hydrogens is 801 g/mol. The number of carbonyl (C=O) groups is 4. The second-order valence-electron chi connectivity index (χ2n) is 17.3. The van der Waals surface area contributed by atoms with Gasteiger partial charge in [0.05, 0.1) is 17.8 Å². The van der Waals surface area contributed by atoms with Gasteiger partial charge in [0.2, 0.25) is 11.6 Å². The summed E-state index contributed by atoms with van der Waals surface area (Å²) in [5.74, 6) is -9.64. The summed E-state index contributed by atoms with van der Waals surface area (Å²) in [6, 6.07) is 2.61. The molecule has 3 saturated heterocycles. The van der Waals surface area contributed by atoms with Crippen LogP contribution in [0.15, 0.2) is 28.0 Å². The Balaban J connectivity index is 1.51. The summed E-state index contributed by atoms with van der Waals surface area (Å²) < 4.78 is 52.5. The molecular formula is C41H60FN7O12. The lowest BCUT2D eigenvalue weighted by Crippen LogP contribution is -2.61. The van der Waals surface area contributed by atoms with Crippen molar-refractivity contribution in [2.24, 2.45) is 40.5 Å². The van der Waals surface area contributed by atoms with E-state index in [4.69, 9.17) is 44.5 Å². The predicted molar refractivity (Wildman–Crippen MR) is 214 cm³/mol. The van der Waals surface area contributed by atoms with Crippen molar-refractivity contribution in [1.29, 1.82) is 0 Å². The van der Waals surface area contributed by atoms with E-state index in [9.17, 15) is 24.3 Å². The number of nitrogens with zero attached hydrogens (tertiary/aromatic N) is 5. The number of methoxy groups -OCH3 is 1. The number of amidine groups is 1. The Labute approximate surface area is 354 Å². The average molecular weight is 862 g/mol. The summed E-state index contributed by atoms with van der Waals surface area (Å²) in [5.41, 5.74) is 5.93. The molecule has 2 aromatic rings. The summed E-state index contributed by atoms with van der Waals surface area (Å²) >= 11 is 0. The van der Waals surface area contributed by atoms with Gasteiger partial charge in [0.1, 0.15) is 35.4 Å². The molecule has 5 N–H and O–H groups in total. The van der Waals surface area contributed by atoms with Gasteiger partial charge < -0.3 is 54.5 Å². The lowest BCUT2D eigenvalue weighted by Gasteiger charge is -2.47. The number of Topliss-reactive ketones (excluding diaryl/α,β-unsaturated/α-hetero) is 2. The van der Waals surface area contributed by atoms with Gasteiger partial charge >= 0.3 is 11.9 Å². The zero-order valence-corrected chi connectivity index (χ0v) is 36.6. The van der Waals surface area contributed by atoms with Crippen LogP contribution in [0, 0.1) is 29.6 Å². The number of oxime groups is 1. The number of rotatable bonds is 10. The van der Waals surface area contributed by atoms with Gasteiger partial charge in [-0.2, -0.15) is 0 Å². The zero-order valence-electron chi connectivity index (χ0n) is 36.6. The third-order valence-electron chi connectivity index (χ3n) is 12.5. The highest BCUT2D eigenvalue weighted by molar-refractivity contribution is 6.08. The number of aliphatic hydroxyl groups is 1. The van der Waals surface area contributed by atoms with Crippen molar-refractivity contribution in [3.63, 3.8) is 0 Å². The van der Waals surface area contributed by atoms with Crippen LogP contribution in [0.2, 0.25) is 0 Å². The van der Waals surface area contributed by atoms with E-state index in [1.165, 1.54) is 39.3 Å². The molecule has 1 unspecified atom stereocenters. The number of carbonyl (C=O) groups excluding carboxylic acids is 4. The number of anilines is 1. The molecule has 3 aliphatic rings. The van der Waals surface area contributed by atoms with Crippen LogP contribution >= 0.6 is 0 Å². The monoisotopic (exact) mass is 861 g/mol. The Morgan fingerprint density at radius 1 is 1.11 bits per heavy atom. The Bertz CT molecular complexity index is 1960. The van der Waals surface area contributed by atoms with E-state index in [0.717, 1.165) is 6.92 Å². The molecule has 3 fully saturated rings. The molecule has 19 nitrogen and oxygen atoms in total. The maximum absolute atomic E-state index is 16.9. The molecule has 0 radical (unpaired) electrons. The number of fused-ring (bicyclic) bond motifs is 1. The van der Waals surface area contributed by atoms with Gasteiger partial charge in [0.15, 0.2) is 30.1 Å². The molecule has 338 valence electrons. The first-order chi connectivity index (χ1) is 28.5. The van der Waals surface area contributed by atoms with E-state index in [-0.39, 0.29) is 60.3 Å². The van der Waals surface area contributed by atoms with Crippen molar-refractivity contribution >= 4 is 35.2 Å². The molecule has 0 amide bonds. The average Bonchev–Trinajstić information content (AvgIpc) is 3.79. The summed E-state index contributed by atoms with van der Waals surface area (Å²) in [6.45, 7) is 11.7. The van der Waals surface area contributed by atoms with E-state index in [2.05, 4.69) is 20.3 Å². The molecule has 0 bridgehead atoms. The predicted octanol–water partition coefficient (Wildman–Crippen LogP) is 2.77. The maximum Gasteiger partial charge on any atom is 0.351 e. The number of aromatic nitrogens is 3. The van der Waals surface area contributed by atoms with Gasteiger partial charge in [0, 0.05) is 49.1 Å². The van der Waals surface area contributed by atoms with Crippen LogP contribution in [-0.2, 0) is 54.3 Å². The topological polar surface area (TPSA) is 263 Å². The largest absolute Gasteiger partial charge is 0.455 e. The molecule has 5 heterocycles. The SMILES string of the molecule is CC[C@@H]1OC(=O)[C@@](C)(F)C(=O)[C@H](C)[C@@H](OC2O[C@H](C)C[C@H](N(C)C)[C@H]2O)[C@](C)(OC)C[C@@H](C)C(=O)[C@H](C)[C@H]2[C@H](/C(N)=N/OCc3cc(-c4nccc(N)n4)on3)C(=O)O[C@@]21C. The number of nitrogens with two attached hydrogens (primary N) is 2. The normalized spacial score (nSPS) is 38.1. The molecule has 0 aromatic carbocycles. The van der Waals surface area contributed by atoms with Crippen molar-refractivity contribution < 1.29 is 61.7 Å². The maximum atomic E-state index is 16.9. The lowest BCUT2D eigenvalue weighted by molar-refractivity contribution is -0.295. The Kier molecular flexibility index (Phi) is 14.3. The second kappa shape index (κ2) is 18.4. The van der Waals surface area contributed by atoms with Crippen LogP contribution in [0.4, 0.5) is 10.2 Å². The first kappa shape index (κ1) is 47.4. The molecule has 0 saturated carbocycles. The zero-order chi connectivity index (χ0) is 45.4. The van der Waals surface area contributed by atoms with Gasteiger partial charge in [-0.15, -0.1) is 0 Å². The minimum atomic E-state index is -3.26. The Morgan fingerprint density at radius 3 is 2.43 bits per heavy atom. The molecule has 3 aliphatic heterocycles. The number of esters is 2. The summed E-state index contributed by atoms with van der Waals surface area (Å²) in [6.07, 6.45) is -3.80. The quantitative estimate of drug-likeness (QED) is 0.102. The number of alkyl halides is 1. The van der Waals surface area contributed by atoms with E-state index in [0.29, 0.717) is 6.42 Å². The van der Waals surface area contributed by atoms with Crippen LogP contribution in [0.25, 0.3) is 11.6 Å². The lowest BCUT2D eigenvalue weighted by atomic mass is 9.67. The van der Waals surface area contributed by atoms with Gasteiger partial charge in [0.25, 0.3) is 5.67 Å². The third kappa shape index (κ3) is 9.42. The highest BCUT2D eigenvalue weighted by atomic mass is 19.1. The number of aliphatic hydroxyl groups excluding tert-OH is 1. The summed E-state index contributed by atoms with van der Waals surface area (Å²) in [4.78, 5) is 72.3. The van der Waals surface area contributed by atoms with Gasteiger partial charge in [-0.25, -0.2) is 19.2 Å². The van der Waals surface area contributed by atoms with Crippen molar-refractivity contribution in [2.45, 2.75) is 135 Å². The number of cyclic esters (lactones) is 1. The molecule has 20 heteroatoms. The molecule has 2 aromatic heterocycles. The number of hydrogen-bond acceptors (Lipinski definition) is 18. The first-order valence-corrected chi connectivity index (χ1v) is 20.4. The minimum Gasteiger partial charge on any atom is -0.455 e. The van der Waals surface area contributed by atoms with Crippen molar-refractivity contribution in [2.75, 3.05) is 26.9 Å². The summed E-state index contributed by atoms with van der Waals surface area (Å²) in [5, 5.41) is 19.3. The first-order valence-electron chi connectivity index (χ1n) is 20.4.